The highest BCUT2D eigenvalue weighted by Gasteiger charge is 2.22. The van der Waals surface area contributed by atoms with Gasteiger partial charge in [0.05, 0.1) is 18.5 Å². The van der Waals surface area contributed by atoms with E-state index >= 15 is 0 Å². The molecule has 33 heavy (non-hydrogen) atoms. The van der Waals surface area contributed by atoms with Gasteiger partial charge in [-0.25, -0.2) is 12.8 Å². The van der Waals surface area contributed by atoms with Crippen molar-refractivity contribution < 1.29 is 22.1 Å². The first kappa shape index (κ1) is 22.2. The van der Waals surface area contributed by atoms with Gasteiger partial charge < -0.3 is 9.26 Å². The number of aryl methyl sites for hydroxylation is 2. The molecule has 11 heteroatoms. The van der Waals surface area contributed by atoms with Crippen LogP contribution in [0.15, 0.2) is 68.8 Å². The van der Waals surface area contributed by atoms with Gasteiger partial charge in [0.2, 0.25) is 0 Å². The van der Waals surface area contributed by atoms with Crippen molar-refractivity contribution in [3.63, 3.8) is 0 Å². The van der Waals surface area contributed by atoms with Crippen LogP contribution in [0.1, 0.15) is 11.5 Å². The van der Waals surface area contributed by atoms with E-state index in [9.17, 15) is 17.6 Å². The molecular weight excluding hydrogens is 451 g/mol. The van der Waals surface area contributed by atoms with Crippen molar-refractivity contribution in [2.75, 3.05) is 11.8 Å². The van der Waals surface area contributed by atoms with E-state index in [1.54, 1.807) is 19.9 Å². The highest BCUT2D eigenvalue weighted by Crippen LogP contribution is 2.30. The van der Waals surface area contributed by atoms with Crippen LogP contribution in [-0.4, -0.2) is 30.5 Å². The van der Waals surface area contributed by atoms with Gasteiger partial charge >= 0.3 is 0 Å². The molecular formula is C22H19FN4O5S. The van der Waals surface area contributed by atoms with Crippen molar-refractivity contribution in [2.45, 2.75) is 18.7 Å². The molecule has 0 radical (unpaired) electrons. The maximum atomic E-state index is 13.5. The highest BCUT2D eigenvalue weighted by atomic mass is 32.2. The highest BCUT2D eigenvalue weighted by molar-refractivity contribution is 7.92. The maximum absolute atomic E-state index is 13.5. The maximum Gasteiger partial charge on any atom is 0.271 e. The largest absolute Gasteiger partial charge is 0.495 e. The molecule has 9 nitrogen and oxygen atoms in total. The molecule has 2 heterocycles. The molecule has 0 spiro atoms. The van der Waals surface area contributed by atoms with E-state index in [0.717, 1.165) is 10.7 Å². The van der Waals surface area contributed by atoms with Crippen LogP contribution in [0.25, 0.3) is 16.9 Å². The number of nitrogens with zero attached hydrogens (tertiary/aromatic N) is 3. The molecule has 170 valence electrons. The van der Waals surface area contributed by atoms with E-state index in [1.165, 1.54) is 49.6 Å². The minimum atomic E-state index is -4.14. The van der Waals surface area contributed by atoms with Crippen LogP contribution in [0.4, 0.5) is 10.1 Å². The Hall–Kier alpha value is -3.99. The minimum Gasteiger partial charge on any atom is -0.495 e. The number of rotatable bonds is 6. The average molecular weight is 470 g/mol. The zero-order chi connectivity index (χ0) is 23.8. The third kappa shape index (κ3) is 4.35. The number of hydrogen-bond acceptors (Lipinski definition) is 7. The Kier molecular flexibility index (Phi) is 5.73. The molecule has 0 unspecified atom stereocenters. The lowest BCUT2D eigenvalue weighted by molar-refractivity contribution is 0.392. The van der Waals surface area contributed by atoms with Crippen LogP contribution in [0, 0.1) is 19.7 Å². The first-order valence-electron chi connectivity index (χ1n) is 9.70. The number of anilines is 1. The molecule has 0 saturated heterocycles. The van der Waals surface area contributed by atoms with Crippen LogP contribution < -0.4 is 15.0 Å². The Morgan fingerprint density at radius 1 is 1.09 bits per heavy atom. The summed E-state index contributed by atoms with van der Waals surface area (Å²) < 4.78 is 53.5. The van der Waals surface area contributed by atoms with Gasteiger partial charge in [0.25, 0.3) is 15.6 Å². The van der Waals surface area contributed by atoms with Crippen molar-refractivity contribution in [2.24, 2.45) is 0 Å². The lowest BCUT2D eigenvalue weighted by atomic mass is 10.1. The topological polar surface area (TPSA) is 116 Å². The molecule has 2 aromatic heterocycles. The third-order valence-electron chi connectivity index (χ3n) is 4.83. The van der Waals surface area contributed by atoms with Gasteiger partial charge in [-0.1, -0.05) is 11.2 Å². The minimum absolute atomic E-state index is 0.0625. The smallest absolute Gasteiger partial charge is 0.271 e. The molecule has 0 aliphatic rings. The van der Waals surface area contributed by atoms with E-state index in [2.05, 4.69) is 15.0 Å². The first-order valence-corrected chi connectivity index (χ1v) is 11.2. The fraction of sp³-hybridized carbons (Fsp3) is 0.136. The van der Waals surface area contributed by atoms with Crippen molar-refractivity contribution in [3.8, 4) is 22.7 Å². The van der Waals surface area contributed by atoms with E-state index in [4.69, 9.17) is 9.26 Å². The number of hydrogen-bond donors (Lipinski definition) is 1. The van der Waals surface area contributed by atoms with Crippen molar-refractivity contribution in [1.29, 1.82) is 0 Å². The zero-order valence-electron chi connectivity index (χ0n) is 17.9. The van der Waals surface area contributed by atoms with Crippen LogP contribution in [-0.2, 0) is 10.0 Å². The molecule has 0 bridgehead atoms. The fourth-order valence-electron chi connectivity index (χ4n) is 3.31. The van der Waals surface area contributed by atoms with Crippen LogP contribution >= 0.6 is 0 Å². The van der Waals surface area contributed by atoms with Crippen LogP contribution in [0.2, 0.25) is 0 Å². The summed E-state index contributed by atoms with van der Waals surface area (Å²) >= 11 is 0. The number of aromatic nitrogens is 3. The number of halogens is 1. The van der Waals surface area contributed by atoms with Gasteiger partial charge in [-0.15, -0.1) is 0 Å². The Morgan fingerprint density at radius 2 is 1.88 bits per heavy atom. The average Bonchev–Trinajstić information content (AvgIpc) is 3.11. The molecule has 4 aromatic rings. The third-order valence-corrected chi connectivity index (χ3v) is 6.24. The molecule has 2 aromatic carbocycles. The Labute approximate surface area is 188 Å². The van der Waals surface area contributed by atoms with Crippen LogP contribution in [0.3, 0.4) is 0 Å². The molecule has 4 rings (SSSR count). The number of sulfonamides is 1. The quantitative estimate of drug-likeness (QED) is 0.459. The summed E-state index contributed by atoms with van der Waals surface area (Å²) in [5, 5.41) is 8.23. The number of ether oxygens (including phenoxy) is 1. The Bertz CT molecular complexity index is 1490. The second kappa shape index (κ2) is 8.51. The fourth-order valence-corrected chi connectivity index (χ4v) is 4.56. The Morgan fingerprint density at radius 3 is 2.55 bits per heavy atom. The second-order valence-corrected chi connectivity index (χ2v) is 8.77. The number of methoxy groups -OCH3 is 1. The van der Waals surface area contributed by atoms with Crippen LogP contribution in [0.5, 0.6) is 5.75 Å². The van der Waals surface area contributed by atoms with E-state index in [-0.39, 0.29) is 16.3 Å². The predicted octanol–water partition coefficient (Wildman–Crippen LogP) is 3.45. The summed E-state index contributed by atoms with van der Waals surface area (Å²) in [5.41, 5.74) is 1.30. The molecule has 0 fully saturated rings. The Balaban J connectivity index is 1.81. The normalized spacial score (nSPS) is 11.4. The van der Waals surface area contributed by atoms with Gasteiger partial charge in [-0.3, -0.25) is 9.52 Å². The summed E-state index contributed by atoms with van der Waals surface area (Å²) in [6.45, 7) is 3.34. The van der Waals surface area contributed by atoms with Gasteiger partial charge in [-0.2, -0.15) is 9.78 Å². The number of benzene rings is 2. The molecule has 0 saturated carbocycles. The standard InChI is InChI=1S/C22H19FN4O5S/c1-13-22(14(2)32-25-13)27-21(28)10-8-18(24-27)15-7-9-19(31-3)20(11-15)33(29,30)26-17-6-4-5-16(23)12-17/h4-12,26H,1-3H3. The van der Waals surface area contributed by atoms with Gasteiger partial charge in [-0.05, 0) is 56.3 Å². The van der Waals surface area contributed by atoms with Crippen molar-refractivity contribution in [3.05, 3.63) is 82.2 Å². The van der Waals surface area contributed by atoms with E-state index in [0.29, 0.717) is 28.4 Å². The van der Waals surface area contributed by atoms with Crippen molar-refractivity contribution >= 4 is 15.7 Å². The molecule has 0 atom stereocenters. The van der Waals surface area contributed by atoms with E-state index < -0.39 is 21.4 Å². The summed E-state index contributed by atoms with van der Waals surface area (Å²) in [4.78, 5) is 12.3. The molecule has 1 N–H and O–H groups in total. The monoisotopic (exact) mass is 470 g/mol. The van der Waals surface area contributed by atoms with Gasteiger partial charge in [0.15, 0.2) is 5.76 Å². The van der Waals surface area contributed by atoms with Gasteiger partial charge in [0.1, 0.15) is 27.8 Å². The summed E-state index contributed by atoms with van der Waals surface area (Å²) in [6.07, 6.45) is 0. The molecule has 0 aliphatic carbocycles. The lowest BCUT2D eigenvalue weighted by Gasteiger charge is -2.13. The number of nitrogens with one attached hydrogen (secondary N) is 1. The first-order chi connectivity index (χ1) is 15.7. The summed E-state index contributed by atoms with van der Waals surface area (Å²) in [5.74, 6) is -0.0834. The van der Waals surface area contributed by atoms with E-state index in [1.807, 2.05) is 0 Å². The predicted molar refractivity (Wildman–Crippen MR) is 119 cm³/mol. The SMILES string of the molecule is COc1ccc(-c2ccc(=O)n(-c3c(C)noc3C)n2)cc1S(=O)(=O)Nc1cccc(F)c1. The molecule has 0 aliphatic heterocycles. The molecule has 0 amide bonds. The van der Waals surface area contributed by atoms with Gasteiger partial charge in [0, 0.05) is 11.6 Å². The second-order valence-electron chi connectivity index (χ2n) is 7.12. The van der Waals surface area contributed by atoms with Crippen molar-refractivity contribution in [1.82, 2.24) is 14.9 Å². The zero-order valence-corrected chi connectivity index (χ0v) is 18.7. The lowest BCUT2D eigenvalue weighted by Crippen LogP contribution is -2.21. The summed E-state index contributed by atoms with van der Waals surface area (Å²) in [6, 6.07) is 12.3. The summed E-state index contributed by atoms with van der Waals surface area (Å²) in [7, 11) is -2.80.